The largest absolute Gasteiger partial charge is 0.497 e. The molecule has 0 aliphatic rings. The van der Waals surface area contributed by atoms with Crippen molar-refractivity contribution in [3.63, 3.8) is 0 Å². The number of anilines is 2. The third-order valence-electron chi connectivity index (χ3n) is 2.85. The van der Waals surface area contributed by atoms with Crippen molar-refractivity contribution in [3.8, 4) is 5.75 Å². The number of rotatable bonds is 3. The van der Waals surface area contributed by atoms with Gasteiger partial charge in [-0.15, -0.1) is 0 Å². The molecule has 20 heavy (non-hydrogen) atoms. The highest BCUT2D eigenvalue weighted by atomic mass is 35.5. The Kier molecular flexibility index (Phi) is 4.10. The summed E-state index contributed by atoms with van der Waals surface area (Å²) < 4.78 is 5.14. The fourth-order valence-electron chi connectivity index (χ4n) is 1.74. The molecule has 1 heterocycles. The molecule has 0 radical (unpaired) electrons. The summed E-state index contributed by atoms with van der Waals surface area (Å²) in [6, 6.07) is 8.64. The zero-order valence-electron chi connectivity index (χ0n) is 11.1. The van der Waals surface area contributed by atoms with Crippen LogP contribution in [0, 0.1) is 0 Å². The lowest BCUT2D eigenvalue weighted by molar-refractivity contribution is 0.0993. The number of methoxy groups -OCH3 is 1. The van der Waals surface area contributed by atoms with Gasteiger partial charge in [-0.3, -0.25) is 4.79 Å². The van der Waals surface area contributed by atoms with Gasteiger partial charge in [-0.05, 0) is 18.2 Å². The van der Waals surface area contributed by atoms with Crippen LogP contribution in [-0.4, -0.2) is 25.0 Å². The van der Waals surface area contributed by atoms with Crippen LogP contribution in [0.1, 0.15) is 10.4 Å². The monoisotopic (exact) mass is 291 g/mol. The van der Waals surface area contributed by atoms with Crippen LogP contribution in [-0.2, 0) is 0 Å². The summed E-state index contributed by atoms with van der Waals surface area (Å²) in [5.74, 6) is 0.650. The van der Waals surface area contributed by atoms with Gasteiger partial charge in [0.1, 0.15) is 11.6 Å². The number of pyridine rings is 1. The number of amides is 1. The van der Waals surface area contributed by atoms with Crippen LogP contribution in [0.4, 0.5) is 11.5 Å². The third kappa shape index (κ3) is 2.83. The van der Waals surface area contributed by atoms with E-state index < -0.39 is 0 Å². The van der Waals surface area contributed by atoms with E-state index in [4.69, 9.17) is 22.1 Å². The second-order valence-corrected chi connectivity index (χ2v) is 4.56. The first kappa shape index (κ1) is 14.1. The molecule has 5 nitrogen and oxygen atoms in total. The maximum atomic E-state index is 12.4. The number of halogens is 1. The van der Waals surface area contributed by atoms with Gasteiger partial charge in [0.15, 0.2) is 0 Å². The molecular weight excluding hydrogens is 278 g/mol. The predicted octanol–water partition coefficient (Wildman–Crippen LogP) is 2.60. The molecule has 0 unspecified atom stereocenters. The van der Waals surface area contributed by atoms with Crippen molar-refractivity contribution in [2.45, 2.75) is 0 Å². The lowest BCUT2D eigenvalue weighted by Crippen LogP contribution is -2.26. The zero-order valence-corrected chi connectivity index (χ0v) is 11.9. The number of carbonyl (C=O) groups excluding carboxylic acids is 1. The van der Waals surface area contributed by atoms with E-state index in [2.05, 4.69) is 4.98 Å². The van der Waals surface area contributed by atoms with E-state index in [1.807, 2.05) is 0 Å². The highest BCUT2D eigenvalue weighted by Crippen LogP contribution is 2.24. The number of hydrogen-bond donors (Lipinski definition) is 1. The molecule has 2 N–H and O–H groups in total. The van der Waals surface area contributed by atoms with E-state index in [0.29, 0.717) is 17.0 Å². The van der Waals surface area contributed by atoms with Gasteiger partial charge in [-0.1, -0.05) is 17.7 Å². The third-order valence-corrected chi connectivity index (χ3v) is 3.15. The molecule has 2 rings (SSSR count). The summed E-state index contributed by atoms with van der Waals surface area (Å²) in [5, 5.41) is 0.263. The Morgan fingerprint density at radius 1 is 1.40 bits per heavy atom. The van der Waals surface area contributed by atoms with Crippen molar-refractivity contribution in [1.29, 1.82) is 0 Å². The van der Waals surface area contributed by atoms with Gasteiger partial charge in [0.25, 0.3) is 5.91 Å². The molecule has 1 amide bonds. The molecule has 0 saturated carbocycles. The fraction of sp³-hybridized carbons (Fsp3) is 0.143. The number of aromatic nitrogens is 1. The smallest absolute Gasteiger partial charge is 0.259 e. The molecule has 0 atom stereocenters. The molecule has 6 heteroatoms. The molecule has 0 bridgehead atoms. The Balaban J connectivity index is 2.34. The Hall–Kier alpha value is -2.27. The summed E-state index contributed by atoms with van der Waals surface area (Å²) in [4.78, 5) is 17.7. The van der Waals surface area contributed by atoms with Gasteiger partial charge < -0.3 is 15.4 Å². The highest BCUT2D eigenvalue weighted by Gasteiger charge is 2.17. The number of nitrogens with zero attached hydrogens (tertiary/aromatic N) is 2. The van der Waals surface area contributed by atoms with Crippen molar-refractivity contribution >= 4 is 29.0 Å². The Morgan fingerprint density at radius 3 is 2.85 bits per heavy atom. The molecule has 0 fully saturated rings. The van der Waals surface area contributed by atoms with E-state index in [-0.39, 0.29) is 16.7 Å². The number of benzene rings is 1. The first-order valence-corrected chi connectivity index (χ1v) is 6.24. The minimum Gasteiger partial charge on any atom is -0.497 e. The van der Waals surface area contributed by atoms with E-state index >= 15 is 0 Å². The lowest BCUT2D eigenvalue weighted by Gasteiger charge is -2.18. The standard InChI is InChI=1S/C14H14ClN3O2/c1-18(9-4-3-5-10(6-9)20-2)14(19)11-7-13(16)17-8-12(11)15/h3-8H,1-2H3,(H2,16,17). The van der Waals surface area contributed by atoms with E-state index in [1.54, 1.807) is 38.4 Å². The van der Waals surface area contributed by atoms with Crippen LogP contribution in [0.25, 0.3) is 0 Å². The Bertz CT molecular complexity index is 646. The van der Waals surface area contributed by atoms with Crippen molar-refractivity contribution in [1.82, 2.24) is 4.98 Å². The average Bonchev–Trinajstić information content (AvgIpc) is 2.48. The summed E-state index contributed by atoms with van der Waals surface area (Å²) in [7, 11) is 3.23. The van der Waals surface area contributed by atoms with Gasteiger partial charge in [0.05, 0.1) is 17.7 Å². The molecule has 0 aliphatic carbocycles. The molecule has 1 aromatic carbocycles. The first-order chi connectivity index (χ1) is 9.52. The Morgan fingerprint density at radius 2 is 2.15 bits per heavy atom. The quantitative estimate of drug-likeness (QED) is 0.944. The summed E-state index contributed by atoms with van der Waals surface area (Å²) in [6.07, 6.45) is 1.36. The van der Waals surface area contributed by atoms with Crippen LogP contribution >= 0.6 is 11.6 Å². The molecule has 2 aromatic rings. The van der Waals surface area contributed by atoms with Crippen LogP contribution < -0.4 is 15.4 Å². The molecule has 0 saturated heterocycles. The van der Waals surface area contributed by atoms with Gasteiger partial charge in [0.2, 0.25) is 0 Å². The highest BCUT2D eigenvalue weighted by molar-refractivity contribution is 6.34. The average molecular weight is 292 g/mol. The molecule has 104 valence electrons. The van der Waals surface area contributed by atoms with E-state index in [9.17, 15) is 4.79 Å². The van der Waals surface area contributed by atoms with Gasteiger partial charge in [-0.2, -0.15) is 0 Å². The van der Waals surface area contributed by atoms with Crippen molar-refractivity contribution < 1.29 is 9.53 Å². The van der Waals surface area contributed by atoms with Gasteiger partial charge >= 0.3 is 0 Å². The first-order valence-electron chi connectivity index (χ1n) is 5.86. The SMILES string of the molecule is COc1cccc(N(C)C(=O)c2cc(N)ncc2Cl)c1. The topological polar surface area (TPSA) is 68.5 Å². The number of hydrogen-bond acceptors (Lipinski definition) is 4. The molecular formula is C14H14ClN3O2. The van der Waals surface area contributed by atoms with Crippen molar-refractivity contribution in [2.75, 3.05) is 24.8 Å². The van der Waals surface area contributed by atoms with Crippen LogP contribution in [0.2, 0.25) is 5.02 Å². The summed E-state index contributed by atoms with van der Waals surface area (Å²) in [6.45, 7) is 0. The van der Waals surface area contributed by atoms with Crippen LogP contribution in [0.3, 0.4) is 0 Å². The second-order valence-electron chi connectivity index (χ2n) is 4.15. The number of carbonyl (C=O) groups is 1. The van der Waals surface area contributed by atoms with Gasteiger partial charge in [0, 0.05) is 25.0 Å². The van der Waals surface area contributed by atoms with Gasteiger partial charge in [-0.25, -0.2) is 4.98 Å². The molecule has 1 aromatic heterocycles. The lowest BCUT2D eigenvalue weighted by atomic mass is 10.2. The predicted molar refractivity (Wildman–Crippen MR) is 79.4 cm³/mol. The molecule has 0 aliphatic heterocycles. The second kappa shape index (κ2) is 5.79. The number of nitrogens with two attached hydrogens (primary N) is 1. The fourth-order valence-corrected chi connectivity index (χ4v) is 1.92. The maximum Gasteiger partial charge on any atom is 0.259 e. The van der Waals surface area contributed by atoms with Crippen LogP contribution in [0.5, 0.6) is 5.75 Å². The normalized spacial score (nSPS) is 10.2. The minimum atomic E-state index is -0.266. The van der Waals surface area contributed by atoms with Crippen molar-refractivity contribution in [3.05, 3.63) is 47.1 Å². The van der Waals surface area contributed by atoms with Crippen molar-refractivity contribution in [2.24, 2.45) is 0 Å². The summed E-state index contributed by atoms with van der Waals surface area (Å²) in [5.41, 5.74) is 6.59. The van der Waals surface area contributed by atoms with E-state index in [0.717, 1.165) is 0 Å². The Labute approximate surface area is 121 Å². The maximum absolute atomic E-state index is 12.4. The summed E-state index contributed by atoms with van der Waals surface area (Å²) >= 11 is 5.99. The van der Waals surface area contributed by atoms with E-state index in [1.165, 1.54) is 17.2 Å². The zero-order chi connectivity index (χ0) is 14.7. The number of nitrogen functional groups attached to an aromatic ring is 1. The molecule has 0 spiro atoms. The minimum absolute atomic E-state index is 0.247. The number of ether oxygens (including phenoxy) is 1. The van der Waals surface area contributed by atoms with Crippen LogP contribution in [0.15, 0.2) is 36.5 Å².